The maximum atomic E-state index is 12.4. The van der Waals surface area contributed by atoms with Crippen LogP contribution in [0.5, 0.6) is 0 Å². The summed E-state index contributed by atoms with van der Waals surface area (Å²) in [5.41, 5.74) is 0. The fourth-order valence-corrected chi connectivity index (χ4v) is 7.19. The highest BCUT2D eigenvalue weighted by molar-refractivity contribution is 5.76. The van der Waals surface area contributed by atoms with E-state index >= 15 is 0 Å². The number of nitrogens with one attached hydrogen (secondary N) is 1. The standard InChI is InChI=1S/C57H97NO3/c1-3-5-7-9-11-13-15-17-19-21-23-25-26-27-28-29-30-31-32-33-35-37-39-41-43-45-47-49-51-53-57(61)58-55(54-59)56(60)52-50-48-46-44-42-40-38-36-34-24-22-20-18-16-14-12-10-8-6-4-2/h5,7,11,13,17,19,23,25,27-28,30-31,33,35,39,41,45,47,55-56,59-60H,3-4,6,8-10,12,14-16,18,20-22,24,26,29,32,34,36-38,40,42-44,46,48-54H2,1-2H3,(H,58,61)/b7-5-,13-11-,19-17-,25-23-,28-27-,31-30-,35-33-,41-39-,47-45-. The zero-order valence-corrected chi connectivity index (χ0v) is 39.9. The summed E-state index contributed by atoms with van der Waals surface area (Å²) < 4.78 is 0. The Morgan fingerprint density at radius 1 is 0.410 bits per heavy atom. The molecule has 0 aliphatic rings. The highest BCUT2D eigenvalue weighted by Crippen LogP contribution is 2.16. The van der Waals surface area contributed by atoms with Crippen LogP contribution in [0.15, 0.2) is 109 Å². The van der Waals surface area contributed by atoms with Gasteiger partial charge in [-0.15, -0.1) is 0 Å². The maximum absolute atomic E-state index is 12.4. The highest BCUT2D eigenvalue weighted by atomic mass is 16.3. The molecule has 3 N–H and O–H groups in total. The Morgan fingerprint density at radius 2 is 0.705 bits per heavy atom. The topological polar surface area (TPSA) is 69.6 Å². The van der Waals surface area contributed by atoms with Crippen molar-refractivity contribution >= 4 is 5.91 Å². The molecule has 4 heteroatoms. The molecule has 1 amide bonds. The normalized spacial score (nSPS) is 13.8. The fourth-order valence-electron chi connectivity index (χ4n) is 7.19. The molecule has 0 bridgehead atoms. The number of carbonyl (C=O) groups excluding carboxylic acids is 1. The minimum Gasteiger partial charge on any atom is -0.394 e. The third-order valence-electron chi connectivity index (χ3n) is 11.0. The van der Waals surface area contributed by atoms with Gasteiger partial charge in [0.1, 0.15) is 0 Å². The molecular weight excluding hydrogens is 747 g/mol. The molecule has 0 aromatic heterocycles. The Hall–Kier alpha value is -2.95. The first-order chi connectivity index (χ1) is 30.2. The van der Waals surface area contributed by atoms with E-state index in [1.165, 1.54) is 116 Å². The van der Waals surface area contributed by atoms with Crippen molar-refractivity contribution < 1.29 is 15.0 Å². The minimum absolute atomic E-state index is 0.0919. The summed E-state index contributed by atoms with van der Waals surface area (Å²) in [6, 6.07) is -0.576. The molecule has 0 saturated heterocycles. The number of carbonyl (C=O) groups is 1. The molecule has 0 aliphatic carbocycles. The first-order valence-electron chi connectivity index (χ1n) is 25.6. The predicted molar refractivity (Wildman–Crippen MR) is 271 cm³/mol. The molecule has 0 rings (SSSR count). The van der Waals surface area contributed by atoms with Gasteiger partial charge in [0.05, 0.1) is 18.8 Å². The predicted octanol–water partition coefficient (Wildman–Crippen LogP) is 16.7. The van der Waals surface area contributed by atoms with E-state index in [0.717, 1.165) is 83.5 Å². The van der Waals surface area contributed by atoms with Gasteiger partial charge in [-0.05, 0) is 77.0 Å². The van der Waals surface area contributed by atoms with Crippen molar-refractivity contribution in [1.82, 2.24) is 5.32 Å². The summed E-state index contributed by atoms with van der Waals surface area (Å²) in [6.07, 6.45) is 77.6. The van der Waals surface area contributed by atoms with Crippen molar-refractivity contribution in [3.05, 3.63) is 109 Å². The Bertz CT molecular complexity index is 1180. The summed E-state index contributed by atoms with van der Waals surface area (Å²) in [5.74, 6) is -0.0919. The molecule has 2 unspecified atom stereocenters. The van der Waals surface area contributed by atoms with Crippen LogP contribution in [0, 0.1) is 0 Å². The number of aliphatic hydroxyl groups is 2. The molecular formula is C57H97NO3. The Kier molecular flexibility index (Phi) is 48.9. The average Bonchev–Trinajstić information content (AvgIpc) is 3.26. The van der Waals surface area contributed by atoms with Crippen LogP contribution >= 0.6 is 0 Å². The Morgan fingerprint density at radius 3 is 1.02 bits per heavy atom. The van der Waals surface area contributed by atoms with Gasteiger partial charge in [0.25, 0.3) is 0 Å². The van der Waals surface area contributed by atoms with Crippen LogP contribution in [0.25, 0.3) is 0 Å². The van der Waals surface area contributed by atoms with E-state index < -0.39 is 12.1 Å². The summed E-state index contributed by atoms with van der Waals surface area (Å²) >= 11 is 0. The third kappa shape index (κ3) is 47.9. The lowest BCUT2D eigenvalue weighted by Crippen LogP contribution is -2.45. The van der Waals surface area contributed by atoms with Crippen LogP contribution in [-0.4, -0.2) is 34.9 Å². The molecule has 348 valence electrons. The summed E-state index contributed by atoms with van der Waals surface area (Å²) in [4.78, 5) is 12.4. The number of allylic oxidation sites excluding steroid dienone is 18. The van der Waals surface area contributed by atoms with Gasteiger partial charge in [-0.2, -0.15) is 0 Å². The second-order valence-electron chi connectivity index (χ2n) is 16.9. The number of hydrogen-bond donors (Lipinski definition) is 3. The van der Waals surface area contributed by atoms with Crippen molar-refractivity contribution in [2.24, 2.45) is 0 Å². The van der Waals surface area contributed by atoms with Crippen molar-refractivity contribution in [2.45, 2.75) is 238 Å². The summed E-state index contributed by atoms with van der Waals surface area (Å²) in [7, 11) is 0. The van der Waals surface area contributed by atoms with Crippen molar-refractivity contribution in [1.29, 1.82) is 0 Å². The quantitative estimate of drug-likeness (QED) is 0.0422. The lowest BCUT2D eigenvalue weighted by molar-refractivity contribution is -0.123. The van der Waals surface area contributed by atoms with Gasteiger partial charge in [-0.1, -0.05) is 252 Å². The molecule has 0 aliphatic heterocycles. The Balaban J connectivity index is 3.69. The van der Waals surface area contributed by atoms with Crippen LogP contribution in [0.3, 0.4) is 0 Å². The van der Waals surface area contributed by atoms with Gasteiger partial charge in [0, 0.05) is 6.42 Å². The zero-order chi connectivity index (χ0) is 44.2. The average molecular weight is 844 g/mol. The number of amides is 1. The van der Waals surface area contributed by atoms with Crippen LogP contribution in [0.2, 0.25) is 0 Å². The van der Waals surface area contributed by atoms with Crippen LogP contribution in [0.4, 0.5) is 0 Å². The van der Waals surface area contributed by atoms with Crippen LogP contribution in [0.1, 0.15) is 226 Å². The maximum Gasteiger partial charge on any atom is 0.220 e. The van der Waals surface area contributed by atoms with E-state index in [1.54, 1.807) is 0 Å². The van der Waals surface area contributed by atoms with Crippen molar-refractivity contribution in [2.75, 3.05) is 6.61 Å². The molecule has 0 radical (unpaired) electrons. The smallest absolute Gasteiger partial charge is 0.220 e. The molecule has 0 saturated carbocycles. The lowest BCUT2D eigenvalue weighted by Gasteiger charge is -2.22. The fraction of sp³-hybridized carbons (Fsp3) is 0.667. The van der Waals surface area contributed by atoms with E-state index in [4.69, 9.17) is 0 Å². The third-order valence-corrected chi connectivity index (χ3v) is 11.0. The zero-order valence-electron chi connectivity index (χ0n) is 39.9. The van der Waals surface area contributed by atoms with Crippen LogP contribution in [-0.2, 0) is 4.79 Å². The first kappa shape index (κ1) is 58.0. The first-order valence-corrected chi connectivity index (χ1v) is 25.6. The van der Waals surface area contributed by atoms with Crippen LogP contribution < -0.4 is 5.32 Å². The number of aliphatic hydroxyl groups excluding tert-OH is 2. The molecule has 0 fully saturated rings. The number of rotatable bonds is 45. The monoisotopic (exact) mass is 844 g/mol. The van der Waals surface area contributed by atoms with Crippen molar-refractivity contribution in [3.63, 3.8) is 0 Å². The van der Waals surface area contributed by atoms with Gasteiger partial charge in [0.15, 0.2) is 0 Å². The van der Waals surface area contributed by atoms with Gasteiger partial charge in [-0.3, -0.25) is 4.79 Å². The minimum atomic E-state index is -0.692. The number of hydrogen-bond acceptors (Lipinski definition) is 3. The molecule has 0 aromatic carbocycles. The summed E-state index contributed by atoms with van der Waals surface area (Å²) in [5, 5.41) is 23.2. The van der Waals surface area contributed by atoms with E-state index in [-0.39, 0.29) is 12.5 Å². The summed E-state index contributed by atoms with van der Waals surface area (Å²) in [6.45, 7) is 4.22. The highest BCUT2D eigenvalue weighted by Gasteiger charge is 2.19. The molecule has 61 heavy (non-hydrogen) atoms. The molecule has 4 nitrogen and oxygen atoms in total. The van der Waals surface area contributed by atoms with Gasteiger partial charge < -0.3 is 15.5 Å². The Labute approximate surface area is 378 Å². The van der Waals surface area contributed by atoms with Gasteiger partial charge in [0.2, 0.25) is 5.91 Å². The second-order valence-corrected chi connectivity index (χ2v) is 16.9. The second kappa shape index (κ2) is 51.4. The number of unbranched alkanes of at least 4 members (excludes halogenated alkanes) is 20. The molecule has 0 spiro atoms. The molecule has 2 atom stereocenters. The SMILES string of the molecule is CC/C=C\C/C=C\C/C=C\C/C=C\C/C=C\C/C=C\C/C=C\C/C=C\C/C=C\CCCC(=O)NC(CO)C(O)CCCCCCCCCCCCCCCCCCCCCC. The largest absolute Gasteiger partial charge is 0.394 e. The lowest BCUT2D eigenvalue weighted by atomic mass is 10.0. The van der Waals surface area contributed by atoms with Gasteiger partial charge >= 0.3 is 0 Å². The van der Waals surface area contributed by atoms with Crippen molar-refractivity contribution in [3.8, 4) is 0 Å². The molecule has 0 heterocycles. The van der Waals surface area contributed by atoms with E-state index in [2.05, 4.69) is 129 Å². The van der Waals surface area contributed by atoms with E-state index in [0.29, 0.717) is 12.8 Å². The van der Waals surface area contributed by atoms with E-state index in [9.17, 15) is 15.0 Å². The van der Waals surface area contributed by atoms with Gasteiger partial charge in [-0.25, -0.2) is 0 Å². The van der Waals surface area contributed by atoms with E-state index in [1.807, 2.05) is 0 Å². The molecule has 0 aromatic rings.